The van der Waals surface area contributed by atoms with E-state index in [1.54, 1.807) is 6.92 Å². The van der Waals surface area contributed by atoms with Gasteiger partial charge >= 0.3 is 0 Å². The maximum Gasteiger partial charge on any atom is 0.206 e. The van der Waals surface area contributed by atoms with E-state index in [1.165, 1.54) is 102 Å². The van der Waals surface area contributed by atoms with Gasteiger partial charge in [0.05, 0.1) is 11.4 Å². The van der Waals surface area contributed by atoms with Gasteiger partial charge in [-0.3, -0.25) is 9.59 Å². The number of rotatable bonds is 22. The highest BCUT2D eigenvalue weighted by atomic mass is 16.1. The number of Topliss-reactive ketones (excluding diaryl/α,β-unsaturated/α-hetero) is 1. The van der Waals surface area contributed by atoms with Gasteiger partial charge in [0, 0.05) is 24.7 Å². The first-order valence-electron chi connectivity index (χ1n) is 14.1. The Balaban J connectivity index is 1.97. The van der Waals surface area contributed by atoms with Crippen LogP contribution >= 0.6 is 0 Å². The molecule has 0 saturated carbocycles. The van der Waals surface area contributed by atoms with Crippen molar-refractivity contribution < 1.29 is 9.59 Å². The SMILES string of the molecule is CCCCCCCCCCCCCCCCCCNC1=CC(=O)C(NCCCC)=C(C)C1=O. The predicted octanol–water partition coefficient (Wildman–Crippen LogP) is 7.54. The van der Waals surface area contributed by atoms with Gasteiger partial charge in [0.2, 0.25) is 11.6 Å². The average molecular weight is 461 g/mol. The molecular weight excluding hydrogens is 408 g/mol. The molecule has 0 radical (unpaired) electrons. The quantitative estimate of drug-likeness (QED) is 0.129. The number of allylic oxidation sites excluding steroid dienone is 2. The Labute approximate surface area is 204 Å². The third-order valence-corrected chi connectivity index (χ3v) is 6.66. The van der Waals surface area contributed by atoms with Gasteiger partial charge in [0.15, 0.2) is 0 Å². The molecule has 0 aliphatic heterocycles. The summed E-state index contributed by atoms with van der Waals surface area (Å²) in [5.41, 5.74) is 1.47. The second-order valence-electron chi connectivity index (χ2n) is 9.76. The molecule has 4 nitrogen and oxygen atoms in total. The smallest absolute Gasteiger partial charge is 0.206 e. The lowest BCUT2D eigenvalue weighted by atomic mass is 9.98. The third kappa shape index (κ3) is 13.7. The van der Waals surface area contributed by atoms with Crippen LogP contribution in [-0.4, -0.2) is 24.7 Å². The van der Waals surface area contributed by atoms with Gasteiger partial charge in [0.1, 0.15) is 0 Å². The molecule has 1 rings (SSSR count). The van der Waals surface area contributed by atoms with Crippen molar-refractivity contribution >= 4 is 11.6 Å². The highest BCUT2D eigenvalue weighted by Crippen LogP contribution is 2.17. The van der Waals surface area contributed by atoms with Crippen LogP contribution in [0.25, 0.3) is 0 Å². The molecule has 2 N–H and O–H groups in total. The van der Waals surface area contributed by atoms with Crippen LogP contribution in [0.5, 0.6) is 0 Å². The Kier molecular flexibility index (Phi) is 17.7. The molecule has 0 aromatic rings. The van der Waals surface area contributed by atoms with Crippen LogP contribution in [0.4, 0.5) is 0 Å². The van der Waals surface area contributed by atoms with Crippen molar-refractivity contribution in [2.24, 2.45) is 0 Å². The van der Waals surface area contributed by atoms with Gasteiger partial charge in [-0.1, -0.05) is 117 Å². The minimum absolute atomic E-state index is 0.0508. The van der Waals surface area contributed by atoms with Crippen molar-refractivity contribution in [1.29, 1.82) is 0 Å². The zero-order valence-electron chi connectivity index (χ0n) is 22.0. The van der Waals surface area contributed by atoms with Crippen molar-refractivity contribution in [3.05, 3.63) is 23.0 Å². The first-order chi connectivity index (χ1) is 16.1. The molecule has 0 atom stereocenters. The van der Waals surface area contributed by atoms with E-state index in [9.17, 15) is 9.59 Å². The minimum Gasteiger partial charge on any atom is -0.382 e. The van der Waals surface area contributed by atoms with Gasteiger partial charge < -0.3 is 10.6 Å². The summed E-state index contributed by atoms with van der Waals surface area (Å²) in [4.78, 5) is 24.9. The maximum absolute atomic E-state index is 12.5. The Morgan fingerprint density at radius 1 is 0.576 bits per heavy atom. The highest BCUT2D eigenvalue weighted by Gasteiger charge is 2.25. The summed E-state index contributed by atoms with van der Waals surface area (Å²) < 4.78 is 0. The number of hydrogen-bond donors (Lipinski definition) is 2. The zero-order valence-corrected chi connectivity index (χ0v) is 22.0. The summed E-state index contributed by atoms with van der Waals surface area (Å²) >= 11 is 0. The fourth-order valence-corrected chi connectivity index (χ4v) is 4.41. The van der Waals surface area contributed by atoms with E-state index in [0.717, 1.165) is 32.4 Å². The molecule has 0 bridgehead atoms. The summed E-state index contributed by atoms with van der Waals surface area (Å²) in [5, 5.41) is 6.33. The van der Waals surface area contributed by atoms with Crippen molar-refractivity contribution in [1.82, 2.24) is 10.6 Å². The van der Waals surface area contributed by atoms with Crippen LogP contribution in [0.3, 0.4) is 0 Å². The molecule has 1 aliphatic carbocycles. The van der Waals surface area contributed by atoms with Crippen LogP contribution in [-0.2, 0) is 9.59 Å². The lowest BCUT2D eigenvalue weighted by molar-refractivity contribution is -0.116. The molecule has 0 aromatic carbocycles. The molecule has 0 unspecified atom stereocenters. The van der Waals surface area contributed by atoms with Gasteiger partial charge in [-0.15, -0.1) is 0 Å². The predicted molar refractivity (Wildman–Crippen MR) is 141 cm³/mol. The summed E-state index contributed by atoms with van der Waals surface area (Å²) in [6, 6.07) is 0. The van der Waals surface area contributed by atoms with E-state index in [1.807, 2.05) is 0 Å². The average Bonchev–Trinajstić information content (AvgIpc) is 2.81. The van der Waals surface area contributed by atoms with Gasteiger partial charge in [-0.05, 0) is 19.8 Å². The van der Waals surface area contributed by atoms with E-state index in [-0.39, 0.29) is 11.6 Å². The van der Waals surface area contributed by atoms with Crippen LogP contribution < -0.4 is 10.6 Å². The number of ketones is 2. The number of hydrogen-bond acceptors (Lipinski definition) is 4. The second kappa shape index (κ2) is 19.9. The molecule has 0 heterocycles. The lowest BCUT2D eigenvalue weighted by Gasteiger charge is -2.19. The lowest BCUT2D eigenvalue weighted by Crippen LogP contribution is -2.32. The Morgan fingerprint density at radius 2 is 1.00 bits per heavy atom. The first kappa shape index (κ1) is 29.5. The summed E-state index contributed by atoms with van der Waals surface area (Å²) in [5.74, 6) is -0.136. The van der Waals surface area contributed by atoms with Gasteiger partial charge in [-0.2, -0.15) is 0 Å². The third-order valence-electron chi connectivity index (χ3n) is 6.66. The monoisotopic (exact) mass is 460 g/mol. The molecule has 0 spiro atoms. The summed E-state index contributed by atoms with van der Waals surface area (Å²) in [7, 11) is 0. The Bertz CT molecular complexity index is 607. The Morgan fingerprint density at radius 3 is 1.48 bits per heavy atom. The fourth-order valence-electron chi connectivity index (χ4n) is 4.41. The maximum atomic E-state index is 12.5. The van der Waals surface area contributed by atoms with E-state index in [4.69, 9.17) is 0 Å². The van der Waals surface area contributed by atoms with Crippen molar-refractivity contribution in [2.75, 3.05) is 13.1 Å². The number of nitrogens with one attached hydrogen (secondary N) is 2. The largest absolute Gasteiger partial charge is 0.382 e. The van der Waals surface area contributed by atoms with Crippen molar-refractivity contribution in [3.63, 3.8) is 0 Å². The number of unbranched alkanes of at least 4 members (excludes halogenated alkanes) is 16. The standard InChI is InChI=1S/C29H52N2O2/c1-4-6-8-9-10-11-12-13-14-15-16-17-18-19-20-21-23-30-26-24-27(32)28(25(3)29(26)33)31-22-7-5-2/h24,30-31H,4-23H2,1-3H3. The molecule has 33 heavy (non-hydrogen) atoms. The molecule has 1 aliphatic rings. The van der Waals surface area contributed by atoms with E-state index in [0.29, 0.717) is 17.0 Å². The van der Waals surface area contributed by atoms with Crippen molar-refractivity contribution in [2.45, 2.75) is 136 Å². The van der Waals surface area contributed by atoms with Gasteiger partial charge in [-0.25, -0.2) is 0 Å². The van der Waals surface area contributed by atoms with Crippen LogP contribution in [0, 0.1) is 0 Å². The van der Waals surface area contributed by atoms with E-state index >= 15 is 0 Å². The Hall–Kier alpha value is -1.58. The molecule has 190 valence electrons. The molecule has 4 heteroatoms. The first-order valence-corrected chi connectivity index (χ1v) is 14.1. The molecule has 0 aromatic heterocycles. The van der Waals surface area contributed by atoms with Crippen LogP contribution in [0.15, 0.2) is 23.0 Å². The molecule has 0 amide bonds. The van der Waals surface area contributed by atoms with Gasteiger partial charge in [0.25, 0.3) is 0 Å². The van der Waals surface area contributed by atoms with E-state index < -0.39 is 0 Å². The topological polar surface area (TPSA) is 58.2 Å². The molecular formula is C29H52N2O2. The molecule has 0 saturated heterocycles. The zero-order chi connectivity index (χ0) is 24.2. The highest BCUT2D eigenvalue weighted by molar-refractivity contribution is 6.21. The van der Waals surface area contributed by atoms with Crippen LogP contribution in [0.1, 0.15) is 136 Å². The molecule has 0 fully saturated rings. The van der Waals surface area contributed by atoms with Crippen LogP contribution in [0.2, 0.25) is 0 Å². The summed E-state index contributed by atoms with van der Waals surface area (Å²) in [6.45, 7) is 7.63. The minimum atomic E-state index is -0.0855. The normalized spacial score (nSPS) is 14.1. The second-order valence-corrected chi connectivity index (χ2v) is 9.76. The van der Waals surface area contributed by atoms with Crippen molar-refractivity contribution in [3.8, 4) is 0 Å². The number of carbonyl (C=O) groups is 2. The fraction of sp³-hybridized carbons (Fsp3) is 0.793. The number of carbonyl (C=O) groups excluding carboxylic acids is 2. The summed E-state index contributed by atoms with van der Waals surface area (Å²) in [6.07, 6.45) is 25.2. The van der Waals surface area contributed by atoms with E-state index in [2.05, 4.69) is 24.5 Å².